The van der Waals surface area contributed by atoms with Crippen LogP contribution in [-0.4, -0.2) is 33.8 Å². The summed E-state index contributed by atoms with van der Waals surface area (Å²) in [7, 11) is 0. The lowest BCUT2D eigenvalue weighted by atomic mass is 10.1. The number of aromatic nitrogens is 2. The van der Waals surface area contributed by atoms with E-state index in [-0.39, 0.29) is 37.1 Å². The quantitative estimate of drug-likeness (QED) is 0.645. The molecule has 0 saturated heterocycles. The van der Waals surface area contributed by atoms with Crippen LogP contribution in [0.2, 0.25) is 0 Å². The highest BCUT2D eigenvalue weighted by Crippen LogP contribution is 2.29. The van der Waals surface area contributed by atoms with Crippen LogP contribution < -0.4 is 15.5 Å². The van der Waals surface area contributed by atoms with Crippen LogP contribution in [0, 0.1) is 6.92 Å². The van der Waals surface area contributed by atoms with Gasteiger partial charge >= 0.3 is 0 Å². The smallest absolute Gasteiger partial charge is 0.244 e. The minimum atomic E-state index is -0.261. The Kier molecular flexibility index (Phi) is 5.79. The van der Waals surface area contributed by atoms with Crippen molar-refractivity contribution >= 4 is 34.8 Å². The Morgan fingerprint density at radius 2 is 1.87 bits per heavy atom. The van der Waals surface area contributed by atoms with Gasteiger partial charge in [-0.3, -0.25) is 14.4 Å². The molecule has 0 spiro atoms. The lowest BCUT2D eigenvalue weighted by molar-refractivity contribution is -0.124. The summed E-state index contributed by atoms with van der Waals surface area (Å²) in [6, 6.07) is 14.7. The Morgan fingerprint density at radius 1 is 1.10 bits per heavy atom. The first kappa shape index (κ1) is 20.3. The number of carbonyl (C=O) groups excluding carboxylic acids is 3. The van der Waals surface area contributed by atoms with E-state index < -0.39 is 0 Å². The van der Waals surface area contributed by atoms with Crippen LogP contribution in [0.4, 0.5) is 17.1 Å². The summed E-state index contributed by atoms with van der Waals surface area (Å²) in [6.45, 7) is 2.61. The molecule has 31 heavy (non-hydrogen) atoms. The zero-order valence-corrected chi connectivity index (χ0v) is 17.2. The van der Waals surface area contributed by atoms with E-state index in [4.69, 9.17) is 0 Å². The molecule has 0 radical (unpaired) electrons. The second-order valence-corrected chi connectivity index (χ2v) is 7.39. The molecule has 0 saturated carbocycles. The van der Waals surface area contributed by atoms with Gasteiger partial charge in [0.05, 0.1) is 11.4 Å². The van der Waals surface area contributed by atoms with Crippen molar-refractivity contribution in [1.29, 1.82) is 0 Å². The highest BCUT2D eigenvalue weighted by atomic mass is 16.2. The average molecular weight is 417 g/mol. The Hall–Kier alpha value is -3.94. The molecular formula is C23H23N5O3. The van der Waals surface area contributed by atoms with Gasteiger partial charge in [-0.1, -0.05) is 24.3 Å². The van der Waals surface area contributed by atoms with Gasteiger partial charge in [-0.25, -0.2) is 4.98 Å². The van der Waals surface area contributed by atoms with Gasteiger partial charge in [-0.05, 0) is 36.8 Å². The van der Waals surface area contributed by atoms with E-state index in [1.807, 2.05) is 42.0 Å². The Labute approximate surface area is 179 Å². The lowest BCUT2D eigenvalue weighted by Crippen LogP contribution is -2.42. The predicted molar refractivity (Wildman–Crippen MR) is 118 cm³/mol. The molecule has 8 heteroatoms. The van der Waals surface area contributed by atoms with Gasteiger partial charge in [0.25, 0.3) is 0 Å². The van der Waals surface area contributed by atoms with Crippen molar-refractivity contribution in [3.05, 3.63) is 72.3 Å². The fourth-order valence-electron chi connectivity index (χ4n) is 3.50. The minimum Gasteiger partial charge on any atom is -0.331 e. The van der Waals surface area contributed by atoms with E-state index in [0.29, 0.717) is 23.6 Å². The summed E-state index contributed by atoms with van der Waals surface area (Å²) in [4.78, 5) is 42.5. The number of amides is 3. The van der Waals surface area contributed by atoms with Gasteiger partial charge in [-0.2, -0.15) is 0 Å². The molecule has 0 atom stereocenters. The number of hydrogen-bond acceptors (Lipinski definition) is 4. The highest BCUT2D eigenvalue weighted by Gasteiger charge is 2.26. The zero-order chi connectivity index (χ0) is 21.8. The van der Waals surface area contributed by atoms with Crippen LogP contribution in [-0.2, 0) is 20.9 Å². The maximum Gasteiger partial charge on any atom is 0.244 e. The summed E-state index contributed by atoms with van der Waals surface area (Å²) in [5.74, 6) is 0.183. The third-order valence-electron chi connectivity index (χ3n) is 5.15. The van der Waals surface area contributed by atoms with Crippen molar-refractivity contribution in [1.82, 2.24) is 9.55 Å². The van der Waals surface area contributed by atoms with E-state index in [9.17, 15) is 14.4 Å². The first-order chi connectivity index (χ1) is 15.0. The average Bonchev–Trinajstić information content (AvgIpc) is 3.17. The van der Waals surface area contributed by atoms with Gasteiger partial charge in [0.1, 0.15) is 12.4 Å². The van der Waals surface area contributed by atoms with Crippen LogP contribution >= 0.6 is 0 Å². The number of carbonyl (C=O) groups is 3. The molecule has 0 aliphatic carbocycles. The van der Waals surface area contributed by atoms with Gasteiger partial charge in [0.15, 0.2) is 0 Å². The van der Waals surface area contributed by atoms with Crippen molar-refractivity contribution < 1.29 is 14.4 Å². The summed E-state index contributed by atoms with van der Waals surface area (Å²) in [6.07, 6.45) is 3.74. The van der Waals surface area contributed by atoms with Crippen LogP contribution in [0.15, 0.2) is 60.9 Å². The molecule has 1 aromatic heterocycles. The molecule has 3 aromatic rings. The van der Waals surface area contributed by atoms with E-state index in [1.54, 1.807) is 30.5 Å². The number of fused-ring (bicyclic) bond motifs is 1. The van der Waals surface area contributed by atoms with Gasteiger partial charge < -0.3 is 20.1 Å². The summed E-state index contributed by atoms with van der Waals surface area (Å²) < 4.78 is 2.04. The summed E-state index contributed by atoms with van der Waals surface area (Å²) in [5.41, 5.74) is 3.02. The Balaban J connectivity index is 1.31. The van der Waals surface area contributed by atoms with Crippen molar-refractivity contribution in [2.45, 2.75) is 26.3 Å². The van der Waals surface area contributed by atoms with Gasteiger partial charge in [0, 0.05) is 37.5 Å². The van der Waals surface area contributed by atoms with Crippen molar-refractivity contribution in [3.8, 4) is 0 Å². The van der Waals surface area contributed by atoms with Crippen molar-refractivity contribution in [2.24, 2.45) is 0 Å². The third-order valence-corrected chi connectivity index (χ3v) is 5.15. The first-order valence-electron chi connectivity index (χ1n) is 10.1. The van der Waals surface area contributed by atoms with Crippen LogP contribution in [0.25, 0.3) is 0 Å². The topological polar surface area (TPSA) is 96.3 Å². The van der Waals surface area contributed by atoms with Gasteiger partial charge in [-0.15, -0.1) is 0 Å². The number of hydrogen-bond donors (Lipinski definition) is 2. The molecular weight excluding hydrogens is 394 g/mol. The first-order valence-corrected chi connectivity index (χ1v) is 10.1. The number of nitrogens with one attached hydrogen (secondary N) is 2. The molecule has 4 rings (SSSR count). The number of aryl methyl sites for hydroxylation is 1. The largest absolute Gasteiger partial charge is 0.331 e. The van der Waals surface area contributed by atoms with Crippen LogP contribution in [0.3, 0.4) is 0 Å². The van der Waals surface area contributed by atoms with Crippen LogP contribution in [0.5, 0.6) is 0 Å². The van der Waals surface area contributed by atoms with E-state index >= 15 is 0 Å². The number of anilines is 3. The SMILES string of the molecule is Cc1nccn1Cc1ccc(NC(=O)CCC(=O)N2CC(=O)Nc3ccccc32)cc1. The fourth-order valence-corrected chi connectivity index (χ4v) is 3.50. The molecule has 2 heterocycles. The van der Waals surface area contributed by atoms with E-state index in [1.165, 1.54) is 4.90 Å². The molecule has 158 valence electrons. The number of benzene rings is 2. The number of imidazole rings is 1. The number of rotatable bonds is 6. The molecule has 0 fully saturated rings. The summed E-state index contributed by atoms with van der Waals surface area (Å²) in [5, 5.41) is 5.56. The standard InChI is InChI=1S/C23H23N5O3/c1-16-24-12-13-27(16)14-17-6-8-18(9-7-17)25-21(29)10-11-23(31)28-15-22(30)26-19-4-2-3-5-20(19)28/h2-9,12-13H,10-11,14-15H2,1H3,(H,25,29)(H,26,30). The molecule has 1 aliphatic rings. The maximum absolute atomic E-state index is 12.6. The van der Waals surface area contributed by atoms with E-state index in [2.05, 4.69) is 15.6 Å². The van der Waals surface area contributed by atoms with Crippen molar-refractivity contribution in [2.75, 3.05) is 22.1 Å². The second-order valence-electron chi connectivity index (χ2n) is 7.39. The molecule has 0 unspecified atom stereocenters. The monoisotopic (exact) mass is 417 g/mol. The van der Waals surface area contributed by atoms with Crippen LogP contribution in [0.1, 0.15) is 24.2 Å². The molecule has 0 bridgehead atoms. The zero-order valence-electron chi connectivity index (χ0n) is 17.2. The summed E-state index contributed by atoms with van der Waals surface area (Å²) >= 11 is 0. The molecule has 2 aromatic carbocycles. The highest BCUT2D eigenvalue weighted by molar-refractivity contribution is 6.10. The number of para-hydroxylation sites is 2. The fraction of sp³-hybridized carbons (Fsp3) is 0.217. The van der Waals surface area contributed by atoms with Crippen molar-refractivity contribution in [3.63, 3.8) is 0 Å². The normalized spacial score (nSPS) is 12.8. The second kappa shape index (κ2) is 8.83. The maximum atomic E-state index is 12.6. The third kappa shape index (κ3) is 4.80. The minimum absolute atomic E-state index is 0.0193. The predicted octanol–water partition coefficient (Wildman–Crippen LogP) is 2.94. The molecule has 8 nitrogen and oxygen atoms in total. The van der Waals surface area contributed by atoms with Gasteiger partial charge in [0.2, 0.25) is 17.7 Å². The molecule has 2 N–H and O–H groups in total. The Morgan fingerprint density at radius 3 is 2.61 bits per heavy atom. The number of nitrogens with zero attached hydrogens (tertiary/aromatic N) is 3. The Bertz CT molecular complexity index is 1120. The molecule has 1 aliphatic heterocycles. The lowest BCUT2D eigenvalue weighted by Gasteiger charge is -2.29. The van der Waals surface area contributed by atoms with E-state index in [0.717, 1.165) is 11.4 Å². The molecule has 3 amide bonds.